The van der Waals surface area contributed by atoms with E-state index in [-0.39, 0.29) is 32.0 Å². The third kappa shape index (κ3) is 5.47. The monoisotopic (exact) mass is 504 g/mol. The van der Waals surface area contributed by atoms with E-state index >= 15 is 0 Å². The van der Waals surface area contributed by atoms with Gasteiger partial charge < -0.3 is 4.74 Å². The number of nitrogens with zero attached hydrogens (tertiary/aromatic N) is 3. The van der Waals surface area contributed by atoms with Gasteiger partial charge in [-0.2, -0.15) is 0 Å². The van der Waals surface area contributed by atoms with Crippen molar-refractivity contribution in [2.45, 2.75) is 15.3 Å². The van der Waals surface area contributed by atoms with Crippen molar-refractivity contribution in [2.75, 3.05) is 17.6 Å². The van der Waals surface area contributed by atoms with Gasteiger partial charge in [0.2, 0.25) is 5.82 Å². The maximum Gasteiger partial charge on any atom is 0.264 e. The van der Waals surface area contributed by atoms with Crippen LogP contribution in [0.4, 0.5) is 5.82 Å². The number of methoxy groups -OCH3 is 1. The maximum atomic E-state index is 12.7. The fraction of sp³-hybridized carbons (Fsp3) is 0.167. The second-order valence-electron chi connectivity index (χ2n) is 5.76. The topological polar surface area (TPSA) is 94.1 Å². The largest absolute Gasteiger partial charge is 0.478 e. The van der Waals surface area contributed by atoms with Crippen LogP contribution in [0.5, 0.6) is 5.88 Å². The predicted molar refractivity (Wildman–Crippen MR) is 119 cm³/mol. The van der Waals surface area contributed by atoms with Crippen LogP contribution in [0.1, 0.15) is 11.1 Å². The Balaban J connectivity index is 1.76. The number of sulfonamides is 1. The van der Waals surface area contributed by atoms with E-state index in [1.165, 1.54) is 43.3 Å². The van der Waals surface area contributed by atoms with Gasteiger partial charge in [-0.3, -0.25) is 9.71 Å². The van der Waals surface area contributed by atoms with Crippen molar-refractivity contribution in [1.29, 1.82) is 0 Å². The van der Waals surface area contributed by atoms with Gasteiger partial charge in [0, 0.05) is 11.9 Å². The lowest BCUT2D eigenvalue weighted by atomic mass is 10.3. The van der Waals surface area contributed by atoms with Crippen LogP contribution in [-0.2, 0) is 10.0 Å². The normalized spacial score (nSPS) is 12.4. The zero-order valence-corrected chi connectivity index (χ0v) is 19.3. The first-order valence-corrected chi connectivity index (χ1v) is 12.0. The Labute approximate surface area is 193 Å². The molecule has 30 heavy (non-hydrogen) atoms. The maximum absolute atomic E-state index is 12.7. The number of pyridine rings is 1. The molecule has 2 heterocycles. The molecule has 3 aromatic rings. The highest BCUT2D eigenvalue weighted by Gasteiger charge is 2.23. The molecule has 0 saturated carbocycles. The molecule has 0 spiro atoms. The van der Waals surface area contributed by atoms with Gasteiger partial charge in [0.15, 0.2) is 0 Å². The van der Waals surface area contributed by atoms with E-state index in [1.807, 2.05) is 18.2 Å². The molecular weight excluding hydrogens is 491 g/mol. The molecule has 0 amide bonds. The van der Waals surface area contributed by atoms with E-state index in [4.69, 9.17) is 39.5 Å². The summed E-state index contributed by atoms with van der Waals surface area (Å²) in [7, 11) is -2.70. The molecule has 7 nitrogen and oxygen atoms in total. The van der Waals surface area contributed by atoms with E-state index in [0.29, 0.717) is 10.8 Å². The van der Waals surface area contributed by atoms with Gasteiger partial charge in [-0.05, 0) is 24.3 Å². The summed E-state index contributed by atoms with van der Waals surface area (Å²) in [6, 6.07) is 9.81. The average molecular weight is 506 g/mol. The number of thioether (sulfide) groups is 1. The minimum atomic E-state index is -4.06. The van der Waals surface area contributed by atoms with Crippen molar-refractivity contribution in [3.05, 3.63) is 64.5 Å². The fourth-order valence-electron chi connectivity index (χ4n) is 2.32. The molecule has 3 rings (SSSR count). The standard InChI is InChI=1S/C18H15Cl3N4O3S2/c1-28-18-17(25-30(26,27)14-7-4-5-11(19)16(14)21)23-9-15(24-18)29-10-12(20)13-6-2-3-8-22-13/h2-9,12H,10H2,1H3,(H,23,25). The minimum Gasteiger partial charge on any atom is -0.478 e. The van der Waals surface area contributed by atoms with E-state index in [0.717, 1.165) is 5.69 Å². The molecule has 0 aliphatic heterocycles. The molecule has 0 aliphatic rings. The zero-order chi connectivity index (χ0) is 21.7. The lowest BCUT2D eigenvalue weighted by Crippen LogP contribution is -2.16. The van der Waals surface area contributed by atoms with Crippen molar-refractivity contribution < 1.29 is 13.2 Å². The van der Waals surface area contributed by atoms with Crippen molar-refractivity contribution in [3.63, 3.8) is 0 Å². The highest BCUT2D eigenvalue weighted by Crippen LogP contribution is 2.33. The van der Waals surface area contributed by atoms with Gasteiger partial charge in [0.05, 0.1) is 34.4 Å². The highest BCUT2D eigenvalue weighted by atomic mass is 35.5. The molecule has 1 atom stereocenters. The molecular formula is C18H15Cl3N4O3S2. The number of halogens is 3. The Hall–Kier alpha value is -1.78. The summed E-state index contributed by atoms with van der Waals surface area (Å²) in [6.45, 7) is 0. The summed E-state index contributed by atoms with van der Waals surface area (Å²) in [5.74, 6) is 0.412. The van der Waals surface area contributed by atoms with Crippen LogP contribution in [-0.4, -0.2) is 36.2 Å². The Morgan fingerprint density at radius 2 is 1.97 bits per heavy atom. The van der Waals surface area contributed by atoms with Gasteiger partial charge in [0.25, 0.3) is 15.9 Å². The fourth-order valence-corrected chi connectivity index (χ4v) is 5.17. The molecule has 0 bridgehead atoms. The first-order chi connectivity index (χ1) is 14.3. The number of ether oxygens (including phenoxy) is 1. The average Bonchev–Trinajstić information content (AvgIpc) is 2.75. The number of aromatic nitrogens is 3. The first-order valence-electron chi connectivity index (χ1n) is 8.37. The molecule has 2 aromatic heterocycles. The van der Waals surface area contributed by atoms with E-state index in [2.05, 4.69) is 19.7 Å². The molecule has 1 N–H and O–H groups in total. The van der Waals surface area contributed by atoms with E-state index in [1.54, 1.807) is 6.20 Å². The van der Waals surface area contributed by atoms with Gasteiger partial charge in [0.1, 0.15) is 9.92 Å². The molecule has 0 radical (unpaired) electrons. The molecule has 0 fully saturated rings. The second-order valence-corrected chi connectivity index (χ2v) is 9.76. The molecule has 158 valence electrons. The Morgan fingerprint density at radius 3 is 2.67 bits per heavy atom. The quantitative estimate of drug-likeness (QED) is 0.338. The smallest absolute Gasteiger partial charge is 0.264 e. The van der Waals surface area contributed by atoms with Gasteiger partial charge >= 0.3 is 0 Å². The summed E-state index contributed by atoms with van der Waals surface area (Å²) in [4.78, 5) is 12.5. The molecule has 1 aromatic carbocycles. The van der Waals surface area contributed by atoms with Crippen LogP contribution < -0.4 is 9.46 Å². The van der Waals surface area contributed by atoms with Crippen molar-refractivity contribution in [2.24, 2.45) is 0 Å². The number of rotatable bonds is 8. The van der Waals surface area contributed by atoms with Crippen molar-refractivity contribution >= 4 is 62.4 Å². The van der Waals surface area contributed by atoms with Crippen LogP contribution in [0, 0.1) is 0 Å². The first kappa shape index (κ1) is 22.9. The number of anilines is 1. The number of nitrogens with one attached hydrogen (secondary N) is 1. The van der Waals surface area contributed by atoms with Crippen LogP contribution in [0.25, 0.3) is 0 Å². The lowest BCUT2D eigenvalue weighted by Gasteiger charge is -2.13. The summed E-state index contributed by atoms with van der Waals surface area (Å²) >= 11 is 19.6. The van der Waals surface area contributed by atoms with Crippen LogP contribution in [0.3, 0.4) is 0 Å². The predicted octanol–water partition coefficient (Wildman–Crippen LogP) is 5.06. The third-order valence-corrected chi connectivity index (χ3v) is 7.60. The van der Waals surface area contributed by atoms with Crippen molar-refractivity contribution in [3.8, 4) is 5.88 Å². The Bertz CT molecular complexity index is 1130. The summed E-state index contributed by atoms with van der Waals surface area (Å²) in [5, 5.41) is 0.214. The van der Waals surface area contributed by atoms with Gasteiger partial charge in [-0.25, -0.2) is 18.4 Å². The second kappa shape index (κ2) is 10.0. The highest BCUT2D eigenvalue weighted by molar-refractivity contribution is 7.99. The van der Waals surface area contributed by atoms with Gasteiger partial charge in [-0.1, -0.05) is 35.3 Å². The minimum absolute atomic E-state index is 0.00526. The molecule has 1 unspecified atom stereocenters. The zero-order valence-electron chi connectivity index (χ0n) is 15.4. The van der Waals surface area contributed by atoms with Crippen molar-refractivity contribution in [1.82, 2.24) is 15.0 Å². The molecule has 0 saturated heterocycles. The summed E-state index contributed by atoms with van der Waals surface area (Å²) < 4.78 is 32.9. The van der Waals surface area contributed by atoms with E-state index < -0.39 is 10.0 Å². The lowest BCUT2D eigenvalue weighted by molar-refractivity contribution is 0.394. The number of hydrogen-bond donors (Lipinski definition) is 1. The number of benzene rings is 1. The van der Waals surface area contributed by atoms with Gasteiger partial charge in [-0.15, -0.1) is 23.4 Å². The molecule has 0 aliphatic carbocycles. The Morgan fingerprint density at radius 1 is 1.17 bits per heavy atom. The summed E-state index contributed by atoms with van der Waals surface area (Å²) in [5.41, 5.74) is 0.745. The van der Waals surface area contributed by atoms with E-state index in [9.17, 15) is 8.42 Å². The van der Waals surface area contributed by atoms with Crippen LogP contribution >= 0.6 is 46.6 Å². The SMILES string of the molecule is COc1nc(SCC(Cl)c2ccccn2)cnc1NS(=O)(=O)c1cccc(Cl)c1Cl. The van der Waals surface area contributed by atoms with Crippen LogP contribution in [0.15, 0.2) is 58.7 Å². The Kier molecular flexibility index (Phi) is 7.65. The summed E-state index contributed by atoms with van der Waals surface area (Å²) in [6.07, 6.45) is 3.10. The number of hydrogen-bond acceptors (Lipinski definition) is 7. The van der Waals surface area contributed by atoms with Crippen LogP contribution in [0.2, 0.25) is 10.0 Å². The molecule has 12 heteroatoms. The number of alkyl halides is 1. The third-order valence-electron chi connectivity index (χ3n) is 3.73.